The molecule has 0 aliphatic heterocycles. The van der Waals surface area contributed by atoms with E-state index < -0.39 is 11.7 Å². The Hall–Kier alpha value is -2.50. The molecule has 0 aliphatic rings. The van der Waals surface area contributed by atoms with Gasteiger partial charge in [0.15, 0.2) is 5.96 Å². The van der Waals surface area contributed by atoms with Crippen LogP contribution < -0.4 is 11.1 Å². The Morgan fingerprint density at radius 1 is 0.957 bits per heavy atom. The van der Waals surface area contributed by atoms with Crippen LogP contribution in [-0.2, 0) is 19.1 Å². The Morgan fingerprint density at radius 2 is 1.61 bits per heavy atom. The van der Waals surface area contributed by atoms with Crippen LogP contribution in [0.4, 0.5) is 13.2 Å². The van der Waals surface area contributed by atoms with Gasteiger partial charge in [0.05, 0.1) is 12.1 Å². The first-order chi connectivity index (χ1) is 10.9. The smallest absolute Gasteiger partial charge is 0.370 e. The van der Waals surface area contributed by atoms with E-state index in [-0.39, 0.29) is 12.5 Å². The molecular formula is C17H18F3N3. The minimum Gasteiger partial charge on any atom is -0.370 e. The number of aliphatic imine (C=N–C) groups is 1. The van der Waals surface area contributed by atoms with Crippen molar-refractivity contribution in [3.05, 3.63) is 71.3 Å². The molecule has 0 aromatic heterocycles. The van der Waals surface area contributed by atoms with Crippen molar-refractivity contribution in [2.75, 3.05) is 6.54 Å². The van der Waals surface area contributed by atoms with E-state index in [2.05, 4.69) is 10.3 Å². The summed E-state index contributed by atoms with van der Waals surface area (Å²) < 4.78 is 37.4. The molecular weight excluding hydrogens is 303 g/mol. The fraction of sp³-hybridized carbons (Fsp3) is 0.235. The number of nitrogens with one attached hydrogen (secondary N) is 1. The lowest BCUT2D eigenvalue weighted by Crippen LogP contribution is -2.33. The monoisotopic (exact) mass is 321 g/mol. The summed E-state index contributed by atoms with van der Waals surface area (Å²) in [5.41, 5.74) is 6.94. The van der Waals surface area contributed by atoms with Crippen molar-refractivity contribution in [3.8, 4) is 0 Å². The lowest BCUT2D eigenvalue weighted by molar-refractivity contribution is -0.137. The van der Waals surface area contributed by atoms with E-state index in [0.29, 0.717) is 12.1 Å². The molecule has 3 N–H and O–H groups in total. The van der Waals surface area contributed by atoms with Gasteiger partial charge >= 0.3 is 6.18 Å². The third-order valence-electron chi connectivity index (χ3n) is 3.28. The van der Waals surface area contributed by atoms with Crippen LogP contribution in [0.1, 0.15) is 16.7 Å². The number of benzene rings is 2. The molecule has 23 heavy (non-hydrogen) atoms. The van der Waals surface area contributed by atoms with Gasteiger partial charge in [0.25, 0.3) is 0 Å². The molecule has 0 radical (unpaired) electrons. The Labute approximate surface area is 133 Å². The Balaban J connectivity index is 1.80. The van der Waals surface area contributed by atoms with Gasteiger partial charge in [-0.3, -0.25) is 0 Å². The first kappa shape index (κ1) is 16.9. The van der Waals surface area contributed by atoms with Gasteiger partial charge in [-0.2, -0.15) is 13.2 Å². The van der Waals surface area contributed by atoms with Crippen LogP contribution in [0, 0.1) is 0 Å². The molecule has 0 atom stereocenters. The topological polar surface area (TPSA) is 50.4 Å². The molecule has 0 unspecified atom stereocenters. The number of hydrogen-bond acceptors (Lipinski definition) is 1. The molecule has 0 amide bonds. The summed E-state index contributed by atoms with van der Waals surface area (Å²) in [6.45, 7) is 0.884. The highest BCUT2D eigenvalue weighted by atomic mass is 19.4. The van der Waals surface area contributed by atoms with Crippen LogP contribution in [0.25, 0.3) is 0 Å². The normalized spacial score (nSPS) is 12.2. The number of alkyl halides is 3. The molecule has 0 saturated heterocycles. The number of halogens is 3. The SMILES string of the molecule is NC(=NCc1ccc(C(F)(F)F)cc1)NCCc1ccccc1. The van der Waals surface area contributed by atoms with Gasteiger partial charge in [-0.15, -0.1) is 0 Å². The number of rotatable bonds is 5. The van der Waals surface area contributed by atoms with E-state index in [1.54, 1.807) is 0 Å². The fourth-order valence-corrected chi connectivity index (χ4v) is 2.01. The van der Waals surface area contributed by atoms with Crippen molar-refractivity contribution in [2.24, 2.45) is 10.7 Å². The molecule has 0 bridgehead atoms. The van der Waals surface area contributed by atoms with Crippen LogP contribution in [0.5, 0.6) is 0 Å². The lowest BCUT2D eigenvalue weighted by Gasteiger charge is -2.08. The first-order valence-electron chi connectivity index (χ1n) is 7.19. The number of nitrogens with two attached hydrogens (primary N) is 1. The van der Waals surface area contributed by atoms with E-state index in [4.69, 9.17) is 5.73 Å². The van der Waals surface area contributed by atoms with Gasteiger partial charge in [0.2, 0.25) is 0 Å². The van der Waals surface area contributed by atoms with E-state index in [0.717, 1.165) is 18.6 Å². The van der Waals surface area contributed by atoms with Crippen molar-refractivity contribution in [2.45, 2.75) is 19.1 Å². The quantitative estimate of drug-likeness (QED) is 0.655. The maximum absolute atomic E-state index is 12.5. The van der Waals surface area contributed by atoms with Crippen molar-refractivity contribution in [1.29, 1.82) is 0 Å². The predicted molar refractivity (Wildman–Crippen MR) is 84.9 cm³/mol. The number of hydrogen-bond donors (Lipinski definition) is 2. The molecule has 0 fully saturated rings. The molecule has 0 heterocycles. The van der Waals surface area contributed by atoms with Gasteiger partial charge in [-0.1, -0.05) is 42.5 Å². The van der Waals surface area contributed by atoms with Crippen molar-refractivity contribution >= 4 is 5.96 Å². The molecule has 0 saturated carbocycles. The molecule has 2 rings (SSSR count). The van der Waals surface area contributed by atoms with E-state index in [1.165, 1.54) is 17.7 Å². The van der Waals surface area contributed by atoms with Gasteiger partial charge in [0.1, 0.15) is 0 Å². The highest BCUT2D eigenvalue weighted by Gasteiger charge is 2.29. The summed E-state index contributed by atoms with van der Waals surface area (Å²) >= 11 is 0. The van der Waals surface area contributed by atoms with E-state index in [9.17, 15) is 13.2 Å². The average molecular weight is 321 g/mol. The Kier molecular flexibility index (Phi) is 5.62. The zero-order valence-corrected chi connectivity index (χ0v) is 12.5. The van der Waals surface area contributed by atoms with Crippen molar-refractivity contribution in [1.82, 2.24) is 5.32 Å². The third-order valence-corrected chi connectivity index (χ3v) is 3.28. The third kappa shape index (κ3) is 5.65. The minimum atomic E-state index is -4.32. The summed E-state index contributed by atoms with van der Waals surface area (Å²) in [4.78, 5) is 4.12. The van der Waals surface area contributed by atoms with Gasteiger partial charge in [0, 0.05) is 6.54 Å². The lowest BCUT2D eigenvalue weighted by atomic mass is 10.1. The summed E-state index contributed by atoms with van der Waals surface area (Å²) in [7, 11) is 0. The minimum absolute atomic E-state index is 0.238. The predicted octanol–water partition coefficient (Wildman–Crippen LogP) is 3.35. The fourth-order valence-electron chi connectivity index (χ4n) is 2.01. The standard InChI is InChI=1S/C17H18F3N3/c18-17(19,20)15-8-6-14(7-9-15)12-23-16(21)22-11-10-13-4-2-1-3-5-13/h1-9H,10-12H2,(H3,21,22,23). The highest BCUT2D eigenvalue weighted by molar-refractivity contribution is 5.77. The van der Waals surface area contributed by atoms with Gasteiger partial charge < -0.3 is 11.1 Å². The maximum atomic E-state index is 12.5. The molecule has 122 valence electrons. The molecule has 2 aromatic carbocycles. The molecule has 0 aliphatic carbocycles. The molecule has 0 spiro atoms. The molecule has 2 aromatic rings. The Morgan fingerprint density at radius 3 is 2.22 bits per heavy atom. The number of guanidine groups is 1. The van der Waals surface area contributed by atoms with Crippen LogP contribution in [0.15, 0.2) is 59.6 Å². The second kappa shape index (κ2) is 7.67. The maximum Gasteiger partial charge on any atom is 0.416 e. The molecule has 6 heteroatoms. The molecule has 3 nitrogen and oxygen atoms in total. The van der Waals surface area contributed by atoms with Crippen molar-refractivity contribution < 1.29 is 13.2 Å². The summed E-state index contributed by atoms with van der Waals surface area (Å²) in [5.74, 6) is 0.279. The van der Waals surface area contributed by atoms with Crippen molar-refractivity contribution in [3.63, 3.8) is 0 Å². The van der Waals surface area contributed by atoms with Crippen LogP contribution in [0.3, 0.4) is 0 Å². The van der Waals surface area contributed by atoms with Gasteiger partial charge in [-0.25, -0.2) is 4.99 Å². The Bertz CT molecular complexity index is 634. The second-order valence-corrected chi connectivity index (χ2v) is 5.06. The van der Waals surface area contributed by atoms with Gasteiger partial charge in [-0.05, 0) is 29.7 Å². The largest absolute Gasteiger partial charge is 0.416 e. The summed E-state index contributed by atoms with van der Waals surface area (Å²) in [5, 5.41) is 2.98. The van der Waals surface area contributed by atoms with Crippen LogP contribution in [-0.4, -0.2) is 12.5 Å². The summed E-state index contributed by atoms with van der Waals surface area (Å²) in [6, 6.07) is 14.8. The summed E-state index contributed by atoms with van der Waals surface area (Å²) in [6.07, 6.45) is -3.50. The highest BCUT2D eigenvalue weighted by Crippen LogP contribution is 2.29. The van der Waals surface area contributed by atoms with Crippen LogP contribution >= 0.6 is 0 Å². The number of nitrogens with zero attached hydrogens (tertiary/aromatic N) is 1. The second-order valence-electron chi connectivity index (χ2n) is 5.06. The average Bonchev–Trinajstić information content (AvgIpc) is 2.53. The first-order valence-corrected chi connectivity index (χ1v) is 7.19. The van der Waals surface area contributed by atoms with E-state index in [1.807, 2.05) is 30.3 Å². The van der Waals surface area contributed by atoms with E-state index >= 15 is 0 Å². The zero-order valence-electron chi connectivity index (χ0n) is 12.5. The zero-order chi connectivity index (χ0) is 16.7. The van der Waals surface area contributed by atoms with Crippen LogP contribution in [0.2, 0.25) is 0 Å².